The summed E-state index contributed by atoms with van der Waals surface area (Å²) in [4.78, 5) is 15.3. The van der Waals surface area contributed by atoms with Gasteiger partial charge in [0.25, 0.3) is 0 Å². The molecule has 0 spiro atoms. The summed E-state index contributed by atoms with van der Waals surface area (Å²) in [5.74, 6) is 0.956. The van der Waals surface area contributed by atoms with Crippen LogP contribution in [-0.4, -0.2) is 55.2 Å². The van der Waals surface area contributed by atoms with Crippen LogP contribution in [0.15, 0.2) is 60.7 Å². The van der Waals surface area contributed by atoms with E-state index in [4.69, 9.17) is 9.47 Å². The number of aliphatic hydroxyl groups is 1. The van der Waals surface area contributed by atoms with Crippen molar-refractivity contribution in [3.8, 4) is 11.5 Å². The number of nitrogens with zero attached hydrogens (tertiary/aromatic N) is 1. The lowest BCUT2D eigenvalue weighted by molar-refractivity contribution is -0.129. The van der Waals surface area contributed by atoms with Gasteiger partial charge in [-0.3, -0.25) is 4.79 Å². The van der Waals surface area contributed by atoms with Crippen molar-refractivity contribution < 1.29 is 19.4 Å². The van der Waals surface area contributed by atoms with E-state index in [2.05, 4.69) is 11.8 Å². The van der Waals surface area contributed by atoms with Gasteiger partial charge in [0, 0.05) is 13.1 Å². The standard InChI is InChI=1S/C26H31NO4/c1-4-27-18-17-26(29,16-15-21-7-12-23(31-3)13-8-21)24(19-27)25(28)14-9-20-5-10-22(30-2)11-6-20/h5-16,24,29H,4,17-19H2,1-3H3/b14-9-,16-15-/t24-,26+/m0/s1. The molecule has 0 radical (unpaired) electrons. The molecule has 0 aliphatic carbocycles. The molecule has 31 heavy (non-hydrogen) atoms. The third kappa shape index (κ3) is 5.84. The Labute approximate surface area is 184 Å². The van der Waals surface area contributed by atoms with Gasteiger partial charge < -0.3 is 19.5 Å². The number of benzene rings is 2. The number of carbonyl (C=O) groups is 1. The first-order valence-corrected chi connectivity index (χ1v) is 10.6. The molecule has 1 aliphatic rings. The third-order valence-corrected chi connectivity index (χ3v) is 5.90. The number of ketones is 1. The molecule has 1 N–H and O–H groups in total. The monoisotopic (exact) mass is 421 g/mol. The molecule has 2 atom stereocenters. The van der Waals surface area contributed by atoms with Crippen LogP contribution in [0.5, 0.6) is 11.5 Å². The zero-order chi connectivity index (χ0) is 22.3. The van der Waals surface area contributed by atoms with Gasteiger partial charge in [0.05, 0.1) is 25.7 Å². The number of hydrogen-bond donors (Lipinski definition) is 1. The second-order valence-electron chi connectivity index (χ2n) is 7.80. The van der Waals surface area contributed by atoms with Crippen LogP contribution in [0.3, 0.4) is 0 Å². The summed E-state index contributed by atoms with van der Waals surface area (Å²) in [7, 11) is 3.25. The van der Waals surface area contributed by atoms with E-state index in [1.54, 1.807) is 32.4 Å². The van der Waals surface area contributed by atoms with Crippen molar-refractivity contribution >= 4 is 17.9 Å². The van der Waals surface area contributed by atoms with Gasteiger partial charge in [-0.25, -0.2) is 0 Å². The molecule has 0 saturated carbocycles. The van der Waals surface area contributed by atoms with Crippen LogP contribution < -0.4 is 9.47 Å². The lowest BCUT2D eigenvalue weighted by Gasteiger charge is -2.41. The summed E-state index contributed by atoms with van der Waals surface area (Å²) in [5.41, 5.74) is 0.675. The maximum atomic E-state index is 13.1. The fourth-order valence-corrected chi connectivity index (χ4v) is 3.81. The topological polar surface area (TPSA) is 59.0 Å². The van der Waals surface area contributed by atoms with Gasteiger partial charge in [0.15, 0.2) is 5.78 Å². The van der Waals surface area contributed by atoms with Crippen LogP contribution in [0.4, 0.5) is 0 Å². The molecule has 3 rings (SSSR count). The smallest absolute Gasteiger partial charge is 0.163 e. The maximum Gasteiger partial charge on any atom is 0.163 e. The SMILES string of the molecule is CCN1CC[C@](O)(/C=C\c2ccc(OC)cc2)[C@H](C(=O)/C=C\c2ccc(OC)cc2)C1. The molecule has 5 nitrogen and oxygen atoms in total. The fraction of sp³-hybridized carbons (Fsp3) is 0.346. The Morgan fingerprint density at radius 1 is 1.03 bits per heavy atom. The molecule has 0 amide bonds. The molecule has 164 valence electrons. The lowest BCUT2D eigenvalue weighted by Crippen LogP contribution is -2.53. The molecule has 1 fully saturated rings. The molecule has 0 bridgehead atoms. The number of methoxy groups -OCH3 is 2. The summed E-state index contributed by atoms with van der Waals surface area (Å²) < 4.78 is 10.4. The third-order valence-electron chi connectivity index (χ3n) is 5.90. The molecule has 0 unspecified atom stereocenters. The minimum Gasteiger partial charge on any atom is -0.497 e. The fourth-order valence-electron chi connectivity index (χ4n) is 3.81. The van der Waals surface area contributed by atoms with Crippen molar-refractivity contribution in [3.63, 3.8) is 0 Å². The second kappa shape index (κ2) is 10.4. The minimum atomic E-state index is -1.19. The largest absolute Gasteiger partial charge is 0.497 e. The van der Waals surface area contributed by atoms with Crippen molar-refractivity contribution in [2.75, 3.05) is 33.9 Å². The Morgan fingerprint density at radius 3 is 2.10 bits per heavy atom. The highest BCUT2D eigenvalue weighted by Gasteiger charge is 2.42. The Balaban J connectivity index is 1.78. The van der Waals surface area contributed by atoms with Crippen molar-refractivity contribution in [2.24, 2.45) is 5.92 Å². The average Bonchev–Trinajstić information content (AvgIpc) is 2.82. The normalized spacial score (nSPS) is 22.1. The quantitative estimate of drug-likeness (QED) is 0.651. The van der Waals surface area contributed by atoms with Gasteiger partial charge >= 0.3 is 0 Å². The number of piperidine rings is 1. The van der Waals surface area contributed by atoms with E-state index in [1.807, 2.05) is 54.6 Å². The maximum absolute atomic E-state index is 13.1. The van der Waals surface area contributed by atoms with Gasteiger partial charge in [-0.2, -0.15) is 0 Å². The molecule has 1 aliphatic heterocycles. The molecule has 0 aromatic heterocycles. The van der Waals surface area contributed by atoms with Crippen LogP contribution in [0.25, 0.3) is 12.2 Å². The summed E-state index contributed by atoms with van der Waals surface area (Å²) in [6.07, 6.45) is 7.55. The van der Waals surface area contributed by atoms with E-state index in [0.717, 1.165) is 35.7 Å². The molecular formula is C26H31NO4. The van der Waals surface area contributed by atoms with Crippen molar-refractivity contribution in [1.82, 2.24) is 4.90 Å². The van der Waals surface area contributed by atoms with Gasteiger partial charge in [0.2, 0.25) is 0 Å². The van der Waals surface area contributed by atoms with Crippen LogP contribution >= 0.6 is 0 Å². The van der Waals surface area contributed by atoms with E-state index in [1.165, 1.54) is 0 Å². The van der Waals surface area contributed by atoms with Crippen LogP contribution in [0.1, 0.15) is 24.5 Å². The summed E-state index contributed by atoms with van der Waals surface area (Å²) in [5, 5.41) is 11.4. The number of allylic oxidation sites excluding steroid dienone is 1. The van der Waals surface area contributed by atoms with E-state index in [9.17, 15) is 9.90 Å². The number of hydrogen-bond acceptors (Lipinski definition) is 5. The first-order chi connectivity index (χ1) is 15.0. The number of ether oxygens (including phenoxy) is 2. The zero-order valence-corrected chi connectivity index (χ0v) is 18.5. The molecule has 1 saturated heterocycles. The Morgan fingerprint density at radius 2 is 1.58 bits per heavy atom. The van der Waals surface area contributed by atoms with Gasteiger partial charge in [-0.05, 0) is 54.4 Å². The van der Waals surface area contributed by atoms with Gasteiger partial charge in [0.1, 0.15) is 11.5 Å². The summed E-state index contributed by atoms with van der Waals surface area (Å²) in [6, 6.07) is 15.1. The van der Waals surface area contributed by atoms with Crippen LogP contribution in [0.2, 0.25) is 0 Å². The molecule has 1 heterocycles. The number of carbonyl (C=O) groups excluding carboxylic acids is 1. The first-order valence-electron chi connectivity index (χ1n) is 10.6. The Bertz CT molecular complexity index is 917. The highest BCUT2D eigenvalue weighted by molar-refractivity contribution is 5.96. The second-order valence-corrected chi connectivity index (χ2v) is 7.80. The van der Waals surface area contributed by atoms with Gasteiger partial charge in [-0.1, -0.05) is 49.4 Å². The van der Waals surface area contributed by atoms with Crippen molar-refractivity contribution in [2.45, 2.75) is 18.9 Å². The summed E-state index contributed by atoms with van der Waals surface area (Å²) >= 11 is 0. The van der Waals surface area contributed by atoms with E-state index in [0.29, 0.717) is 13.0 Å². The van der Waals surface area contributed by atoms with Crippen molar-refractivity contribution in [3.05, 3.63) is 71.8 Å². The van der Waals surface area contributed by atoms with E-state index < -0.39 is 11.5 Å². The van der Waals surface area contributed by atoms with Crippen molar-refractivity contribution in [1.29, 1.82) is 0 Å². The molecule has 5 heteroatoms. The van der Waals surface area contributed by atoms with Gasteiger partial charge in [-0.15, -0.1) is 0 Å². The Hall–Kier alpha value is -2.89. The van der Waals surface area contributed by atoms with Crippen LogP contribution in [0, 0.1) is 5.92 Å². The number of rotatable bonds is 8. The van der Waals surface area contributed by atoms with E-state index in [-0.39, 0.29) is 5.78 Å². The average molecular weight is 422 g/mol. The summed E-state index contributed by atoms with van der Waals surface area (Å²) in [6.45, 7) is 4.22. The molecule has 2 aromatic carbocycles. The predicted molar refractivity (Wildman–Crippen MR) is 124 cm³/mol. The molecule has 2 aromatic rings. The Kier molecular flexibility index (Phi) is 7.66. The highest BCUT2D eigenvalue weighted by Crippen LogP contribution is 2.32. The minimum absolute atomic E-state index is 0.0733. The zero-order valence-electron chi connectivity index (χ0n) is 18.5. The highest BCUT2D eigenvalue weighted by atomic mass is 16.5. The lowest BCUT2D eigenvalue weighted by atomic mass is 9.77. The predicted octanol–water partition coefficient (Wildman–Crippen LogP) is 4.07. The molecular weight excluding hydrogens is 390 g/mol. The first kappa shape index (κ1) is 22.8. The van der Waals surface area contributed by atoms with E-state index >= 15 is 0 Å². The number of likely N-dealkylation sites (tertiary alicyclic amines) is 1. The van der Waals surface area contributed by atoms with Crippen LogP contribution in [-0.2, 0) is 4.79 Å².